The predicted octanol–water partition coefficient (Wildman–Crippen LogP) is -0.0832. The van der Waals surface area contributed by atoms with E-state index in [1.807, 2.05) is 0 Å². The first-order valence-corrected chi connectivity index (χ1v) is 2.47. The fourth-order valence-electron chi connectivity index (χ4n) is 0.363. The molecule has 1 heterocycles. The Morgan fingerprint density at radius 2 is 2.50 bits per heavy atom. The molecule has 4 nitrogen and oxygen atoms in total. The minimum atomic E-state index is 0.213. The molecule has 0 spiro atoms. The second kappa shape index (κ2) is 2.11. The average molecular weight is 133 g/mol. The minimum absolute atomic E-state index is 0.213. The zero-order chi connectivity index (χ0) is 5.98. The SMILES string of the molecule is NCc1nc(Cl)n[nH]1. The third-order valence-corrected chi connectivity index (χ3v) is 0.867. The van der Waals surface area contributed by atoms with Crippen LogP contribution >= 0.6 is 11.6 Å². The van der Waals surface area contributed by atoms with E-state index < -0.39 is 0 Å². The zero-order valence-corrected chi connectivity index (χ0v) is 4.81. The average Bonchev–Trinajstić information content (AvgIpc) is 2.14. The van der Waals surface area contributed by atoms with Gasteiger partial charge in [-0.15, -0.1) is 5.10 Å². The third kappa shape index (κ3) is 0.962. The molecule has 0 amide bonds. The Morgan fingerprint density at radius 1 is 1.75 bits per heavy atom. The molecule has 1 rings (SSSR count). The zero-order valence-electron chi connectivity index (χ0n) is 4.06. The van der Waals surface area contributed by atoms with Crippen molar-refractivity contribution in [1.82, 2.24) is 15.2 Å². The lowest BCUT2D eigenvalue weighted by atomic mass is 10.6. The topological polar surface area (TPSA) is 67.6 Å². The molecule has 1 aromatic heterocycles. The van der Waals surface area contributed by atoms with Gasteiger partial charge in [-0.1, -0.05) is 0 Å². The smallest absolute Gasteiger partial charge is 0.242 e. The van der Waals surface area contributed by atoms with Crippen molar-refractivity contribution in [2.45, 2.75) is 6.54 Å². The van der Waals surface area contributed by atoms with E-state index in [2.05, 4.69) is 15.2 Å². The number of nitrogens with two attached hydrogens (primary N) is 1. The molecule has 0 atom stereocenters. The molecule has 0 radical (unpaired) electrons. The van der Waals surface area contributed by atoms with Crippen molar-refractivity contribution in [3.63, 3.8) is 0 Å². The lowest BCUT2D eigenvalue weighted by Crippen LogP contribution is -1.97. The van der Waals surface area contributed by atoms with Gasteiger partial charge in [-0.25, -0.2) is 4.98 Å². The molecule has 0 fully saturated rings. The van der Waals surface area contributed by atoms with Crippen LogP contribution in [0, 0.1) is 0 Å². The van der Waals surface area contributed by atoms with Crippen molar-refractivity contribution in [1.29, 1.82) is 0 Å². The highest BCUT2D eigenvalue weighted by Gasteiger charge is 1.93. The molecule has 0 bridgehead atoms. The van der Waals surface area contributed by atoms with Crippen LogP contribution in [0.4, 0.5) is 0 Å². The molecular formula is C3H5ClN4. The molecule has 0 unspecified atom stereocenters. The molecule has 3 N–H and O–H groups in total. The van der Waals surface area contributed by atoms with Crippen molar-refractivity contribution in [2.24, 2.45) is 5.73 Å². The normalized spacial score (nSPS) is 9.75. The van der Waals surface area contributed by atoms with Gasteiger partial charge in [0.15, 0.2) is 0 Å². The number of aromatic amines is 1. The van der Waals surface area contributed by atoms with Crippen LogP contribution in [0.5, 0.6) is 0 Å². The van der Waals surface area contributed by atoms with Gasteiger partial charge in [0.2, 0.25) is 5.28 Å². The molecule has 0 saturated heterocycles. The van der Waals surface area contributed by atoms with Gasteiger partial charge >= 0.3 is 0 Å². The maximum absolute atomic E-state index is 5.33. The van der Waals surface area contributed by atoms with Crippen LogP contribution < -0.4 is 5.73 Å². The number of hydrogen-bond donors (Lipinski definition) is 2. The molecular weight excluding hydrogens is 128 g/mol. The Labute approximate surface area is 51.1 Å². The highest BCUT2D eigenvalue weighted by Crippen LogP contribution is 1.96. The second-order valence-corrected chi connectivity index (χ2v) is 1.59. The Hall–Kier alpha value is -0.610. The molecule has 5 heteroatoms. The largest absolute Gasteiger partial charge is 0.324 e. The Morgan fingerprint density at radius 3 is 2.75 bits per heavy atom. The van der Waals surface area contributed by atoms with Crippen LogP contribution in [0.1, 0.15) is 5.82 Å². The molecule has 0 aliphatic carbocycles. The molecule has 0 saturated carbocycles. The number of halogens is 1. The van der Waals surface area contributed by atoms with Gasteiger partial charge in [0, 0.05) is 0 Å². The van der Waals surface area contributed by atoms with Crippen LogP contribution in [-0.2, 0) is 6.54 Å². The summed E-state index contributed by atoms with van der Waals surface area (Å²) in [7, 11) is 0. The molecule has 0 aromatic carbocycles. The van der Waals surface area contributed by atoms with Gasteiger partial charge in [-0.3, -0.25) is 5.10 Å². The number of aromatic nitrogens is 3. The molecule has 8 heavy (non-hydrogen) atoms. The van der Waals surface area contributed by atoms with Gasteiger partial charge in [-0.2, -0.15) is 0 Å². The lowest BCUT2D eigenvalue weighted by molar-refractivity contribution is 0.917. The first kappa shape index (κ1) is 5.53. The highest BCUT2D eigenvalue weighted by atomic mass is 35.5. The van der Waals surface area contributed by atoms with Gasteiger partial charge in [0.05, 0.1) is 6.54 Å². The van der Waals surface area contributed by atoms with E-state index in [-0.39, 0.29) is 5.28 Å². The van der Waals surface area contributed by atoms with Crippen LogP contribution in [-0.4, -0.2) is 15.2 Å². The summed E-state index contributed by atoms with van der Waals surface area (Å²) in [6.45, 7) is 0.347. The van der Waals surface area contributed by atoms with E-state index in [1.165, 1.54) is 0 Å². The van der Waals surface area contributed by atoms with Gasteiger partial charge < -0.3 is 5.73 Å². The van der Waals surface area contributed by atoms with Gasteiger partial charge in [-0.05, 0) is 11.6 Å². The summed E-state index contributed by atoms with van der Waals surface area (Å²) in [5.41, 5.74) is 5.17. The van der Waals surface area contributed by atoms with Crippen molar-refractivity contribution in [3.8, 4) is 0 Å². The van der Waals surface area contributed by atoms with Crippen LogP contribution in [0.3, 0.4) is 0 Å². The maximum Gasteiger partial charge on any atom is 0.242 e. The van der Waals surface area contributed by atoms with E-state index in [1.54, 1.807) is 0 Å². The summed E-state index contributed by atoms with van der Waals surface area (Å²) >= 11 is 5.33. The van der Waals surface area contributed by atoms with E-state index in [0.717, 1.165) is 0 Å². The van der Waals surface area contributed by atoms with E-state index in [0.29, 0.717) is 12.4 Å². The summed E-state index contributed by atoms with van der Waals surface area (Å²) in [5.74, 6) is 0.606. The lowest BCUT2D eigenvalue weighted by Gasteiger charge is -1.78. The fourth-order valence-corrected chi connectivity index (χ4v) is 0.508. The Kier molecular flexibility index (Phi) is 1.45. The molecule has 44 valence electrons. The first-order chi connectivity index (χ1) is 3.83. The predicted molar refractivity (Wildman–Crippen MR) is 29.3 cm³/mol. The van der Waals surface area contributed by atoms with E-state index in [4.69, 9.17) is 17.3 Å². The van der Waals surface area contributed by atoms with Gasteiger partial charge in [0.25, 0.3) is 0 Å². The number of nitrogens with zero attached hydrogens (tertiary/aromatic N) is 2. The quantitative estimate of drug-likeness (QED) is 0.562. The number of H-pyrrole nitrogens is 1. The summed E-state index contributed by atoms with van der Waals surface area (Å²) in [5, 5.41) is 6.29. The van der Waals surface area contributed by atoms with E-state index >= 15 is 0 Å². The maximum atomic E-state index is 5.33. The Balaban J connectivity index is 2.84. The summed E-state index contributed by atoms with van der Waals surface area (Å²) in [6.07, 6.45) is 0. The number of nitrogens with one attached hydrogen (secondary N) is 1. The standard InChI is InChI=1S/C3H5ClN4/c4-3-6-2(1-5)7-8-3/h1,5H2,(H,6,7,8). The molecule has 0 aliphatic rings. The second-order valence-electron chi connectivity index (χ2n) is 1.26. The monoisotopic (exact) mass is 132 g/mol. The summed E-state index contributed by atoms with van der Waals surface area (Å²) < 4.78 is 0. The van der Waals surface area contributed by atoms with Crippen LogP contribution in [0.2, 0.25) is 5.28 Å². The van der Waals surface area contributed by atoms with Crippen molar-refractivity contribution < 1.29 is 0 Å². The fraction of sp³-hybridized carbons (Fsp3) is 0.333. The van der Waals surface area contributed by atoms with Gasteiger partial charge in [0.1, 0.15) is 5.82 Å². The minimum Gasteiger partial charge on any atom is -0.324 e. The third-order valence-electron chi connectivity index (χ3n) is 0.698. The van der Waals surface area contributed by atoms with Crippen LogP contribution in [0.15, 0.2) is 0 Å². The molecule has 1 aromatic rings. The number of hydrogen-bond acceptors (Lipinski definition) is 3. The number of rotatable bonds is 1. The van der Waals surface area contributed by atoms with Crippen molar-refractivity contribution in [3.05, 3.63) is 11.1 Å². The van der Waals surface area contributed by atoms with Crippen LogP contribution in [0.25, 0.3) is 0 Å². The summed E-state index contributed by atoms with van der Waals surface area (Å²) in [6, 6.07) is 0. The van der Waals surface area contributed by atoms with E-state index in [9.17, 15) is 0 Å². The first-order valence-electron chi connectivity index (χ1n) is 2.10. The van der Waals surface area contributed by atoms with Crippen molar-refractivity contribution in [2.75, 3.05) is 0 Å². The molecule has 0 aliphatic heterocycles. The Bertz CT molecular complexity index is 172. The summed E-state index contributed by atoms with van der Waals surface area (Å²) in [4.78, 5) is 3.70. The highest BCUT2D eigenvalue weighted by molar-refractivity contribution is 6.28. The van der Waals surface area contributed by atoms with Crippen molar-refractivity contribution >= 4 is 11.6 Å².